The van der Waals surface area contributed by atoms with E-state index in [0.29, 0.717) is 23.4 Å². The van der Waals surface area contributed by atoms with Crippen LogP contribution in [0.3, 0.4) is 0 Å². The molecule has 2 amide bonds. The topological polar surface area (TPSA) is 108 Å². The highest BCUT2D eigenvalue weighted by molar-refractivity contribution is 6.06. The van der Waals surface area contributed by atoms with Gasteiger partial charge in [-0.2, -0.15) is 0 Å². The van der Waals surface area contributed by atoms with Gasteiger partial charge in [-0.25, -0.2) is 0 Å². The smallest absolute Gasteiger partial charge is 0.273 e. The average Bonchev–Trinajstić information content (AvgIpc) is 2.87. The van der Waals surface area contributed by atoms with E-state index in [1.165, 1.54) is 12.5 Å². The predicted octanol–water partition coefficient (Wildman–Crippen LogP) is 4.22. The van der Waals surface area contributed by atoms with Crippen LogP contribution in [-0.2, 0) is 0 Å². The van der Waals surface area contributed by atoms with E-state index in [1.54, 1.807) is 31.2 Å². The molecule has 188 valence electrons. The van der Waals surface area contributed by atoms with Crippen LogP contribution in [0.5, 0.6) is 0 Å². The number of nitro benzene ring substituents is 1. The third-order valence-electron chi connectivity index (χ3n) is 6.47. The van der Waals surface area contributed by atoms with Gasteiger partial charge in [-0.3, -0.25) is 19.7 Å². The summed E-state index contributed by atoms with van der Waals surface area (Å²) in [7, 11) is 0. The highest BCUT2D eigenvalue weighted by Crippen LogP contribution is 2.28. The zero-order chi connectivity index (χ0) is 25.4. The number of nitro groups is 1. The Balaban J connectivity index is 1.82. The van der Waals surface area contributed by atoms with Gasteiger partial charge in [-0.05, 0) is 63.5 Å². The third kappa shape index (κ3) is 6.79. The highest BCUT2D eigenvalue weighted by Gasteiger charge is 2.21. The molecule has 1 saturated heterocycles. The Kier molecular flexibility index (Phi) is 9.19. The van der Waals surface area contributed by atoms with Gasteiger partial charge in [0.15, 0.2) is 0 Å². The molecule has 1 heterocycles. The Morgan fingerprint density at radius 1 is 1.03 bits per heavy atom. The number of rotatable bonds is 10. The van der Waals surface area contributed by atoms with Crippen molar-refractivity contribution in [2.24, 2.45) is 0 Å². The summed E-state index contributed by atoms with van der Waals surface area (Å²) in [4.78, 5) is 41.2. The molecule has 9 heteroatoms. The fourth-order valence-electron chi connectivity index (χ4n) is 4.32. The van der Waals surface area contributed by atoms with E-state index >= 15 is 0 Å². The van der Waals surface area contributed by atoms with Gasteiger partial charge >= 0.3 is 0 Å². The lowest BCUT2D eigenvalue weighted by molar-refractivity contribution is -0.385. The maximum atomic E-state index is 13.2. The molecule has 0 aromatic heterocycles. The summed E-state index contributed by atoms with van der Waals surface area (Å²) in [5.41, 5.74) is 2.40. The van der Waals surface area contributed by atoms with Crippen molar-refractivity contribution in [2.45, 2.75) is 40.0 Å². The van der Waals surface area contributed by atoms with Gasteiger partial charge in [0.25, 0.3) is 17.5 Å². The molecule has 1 fully saturated rings. The molecule has 0 atom stereocenters. The van der Waals surface area contributed by atoms with Crippen LogP contribution in [-0.4, -0.2) is 60.9 Å². The number of amides is 2. The molecule has 0 aliphatic carbocycles. The second-order valence-electron chi connectivity index (χ2n) is 8.77. The van der Waals surface area contributed by atoms with E-state index in [1.807, 2.05) is 6.07 Å². The Labute approximate surface area is 206 Å². The van der Waals surface area contributed by atoms with Crippen molar-refractivity contribution in [3.63, 3.8) is 0 Å². The lowest BCUT2D eigenvalue weighted by Crippen LogP contribution is -2.36. The largest absolute Gasteiger partial charge is 0.371 e. The van der Waals surface area contributed by atoms with E-state index in [9.17, 15) is 19.7 Å². The molecule has 35 heavy (non-hydrogen) atoms. The molecular weight excluding hydrogens is 446 g/mol. The fourth-order valence-corrected chi connectivity index (χ4v) is 4.32. The van der Waals surface area contributed by atoms with Crippen molar-refractivity contribution in [1.29, 1.82) is 0 Å². The van der Waals surface area contributed by atoms with Crippen LogP contribution in [0, 0.1) is 17.0 Å². The monoisotopic (exact) mass is 481 g/mol. The van der Waals surface area contributed by atoms with Crippen molar-refractivity contribution < 1.29 is 14.5 Å². The molecule has 2 aromatic rings. The van der Waals surface area contributed by atoms with E-state index in [2.05, 4.69) is 34.3 Å². The van der Waals surface area contributed by atoms with Gasteiger partial charge in [0.05, 0.1) is 10.5 Å². The number of nitrogens with zero attached hydrogens (tertiary/aromatic N) is 3. The number of hydrogen-bond donors (Lipinski definition) is 2. The summed E-state index contributed by atoms with van der Waals surface area (Å²) in [6.45, 7) is 10.7. The minimum atomic E-state index is -0.500. The number of likely N-dealkylation sites (N-methyl/N-ethyl adjacent to an activating group) is 1. The van der Waals surface area contributed by atoms with E-state index in [4.69, 9.17) is 0 Å². The SMILES string of the molecule is CCN(CC)CCNC(=O)c1cc(NC(=O)c2ccc(C)c([N+](=O)[O-])c2)ccc1N1CCCCC1. The second kappa shape index (κ2) is 12.3. The zero-order valence-electron chi connectivity index (χ0n) is 20.8. The molecule has 2 N–H and O–H groups in total. The maximum Gasteiger partial charge on any atom is 0.273 e. The van der Waals surface area contributed by atoms with Crippen LogP contribution in [0.15, 0.2) is 36.4 Å². The minimum absolute atomic E-state index is 0.105. The molecule has 0 bridgehead atoms. The summed E-state index contributed by atoms with van der Waals surface area (Å²) in [5.74, 6) is -0.647. The van der Waals surface area contributed by atoms with Gasteiger partial charge in [-0.15, -0.1) is 0 Å². The number of piperidine rings is 1. The molecule has 0 unspecified atom stereocenters. The predicted molar refractivity (Wildman–Crippen MR) is 138 cm³/mol. The summed E-state index contributed by atoms with van der Waals surface area (Å²) in [6, 6.07) is 9.72. The fraction of sp³-hybridized carbons (Fsp3) is 0.462. The first-order valence-corrected chi connectivity index (χ1v) is 12.3. The Hall–Kier alpha value is -3.46. The summed E-state index contributed by atoms with van der Waals surface area (Å²) in [6.07, 6.45) is 3.33. The van der Waals surface area contributed by atoms with Crippen molar-refractivity contribution >= 4 is 28.9 Å². The molecule has 9 nitrogen and oxygen atoms in total. The lowest BCUT2D eigenvalue weighted by Gasteiger charge is -2.30. The molecule has 0 radical (unpaired) electrons. The number of anilines is 2. The Morgan fingerprint density at radius 2 is 1.74 bits per heavy atom. The molecule has 3 rings (SSSR count). The average molecular weight is 482 g/mol. The molecule has 0 spiro atoms. The maximum absolute atomic E-state index is 13.2. The number of nitrogens with one attached hydrogen (secondary N) is 2. The molecular formula is C26H35N5O4. The molecule has 1 aliphatic rings. The summed E-state index contributed by atoms with van der Waals surface area (Å²) < 4.78 is 0. The first kappa shape index (κ1) is 26.2. The van der Waals surface area contributed by atoms with Gasteiger partial charge in [-0.1, -0.05) is 19.9 Å². The van der Waals surface area contributed by atoms with E-state index in [0.717, 1.165) is 51.3 Å². The van der Waals surface area contributed by atoms with Crippen LogP contribution in [0.25, 0.3) is 0 Å². The van der Waals surface area contributed by atoms with Gasteiger partial charge in [0, 0.05) is 54.7 Å². The molecule has 2 aromatic carbocycles. The van der Waals surface area contributed by atoms with Crippen LogP contribution in [0.4, 0.5) is 17.1 Å². The van der Waals surface area contributed by atoms with E-state index < -0.39 is 10.8 Å². The standard InChI is InChI=1S/C26H35N5O4/c1-4-29(5-2)16-13-27-26(33)22-18-21(11-12-23(22)30-14-7-6-8-15-30)28-25(32)20-10-9-19(3)24(17-20)31(34)35/h9-12,17-18H,4-8,13-16H2,1-3H3,(H,27,33)(H,28,32). The lowest BCUT2D eigenvalue weighted by atomic mass is 10.1. The van der Waals surface area contributed by atoms with Gasteiger partial charge in [0.1, 0.15) is 0 Å². The molecule has 1 aliphatic heterocycles. The summed E-state index contributed by atoms with van der Waals surface area (Å²) >= 11 is 0. The first-order valence-electron chi connectivity index (χ1n) is 12.3. The Bertz CT molecular complexity index is 1060. The number of carbonyl (C=O) groups is 2. The Morgan fingerprint density at radius 3 is 2.40 bits per heavy atom. The minimum Gasteiger partial charge on any atom is -0.371 e. The third-order valence-corrected chi connectivity index (χ3v) is 6.47. The normalized spacial score (nSPS) is 13.5. The van der Waals surface area contributed by atoms with Crippen LogP contribution in [0.2, 0.25) is 0 Å². The quantitative estimate of drug-likeness (QED) is 0.389. The van der Waals surface area contributed by atoms with Crippen molar-refractivity contribution in [2.75, 3.05) is 49.5 Å². The van der Waals surface area contributed by atoms with Crippen molar-refractivity contribution in [1.82, 2.24) is 10.2 Å². The zero-order valence-corrected chi connectivity index (χ0v) is 20.8. The van der Waals surface area contributed by atoms with Crippen LogP contribution < -0.4 is 15.5 Å². The van der Waals surface area contributed by atoms with Crippen molar-refractivity contribution in [3.8, 4) is 0 Å². The van der Waals surface area contributed by atoms with E-state index in [-0.39, 0.29) is 17.2 Å². The highest BCUT2D eigenvalue weighted by atomic mass is 16.6. The van der Waals surface area contributed by atoms with Crippen LogP contribution >= 0.6 is 0 Å². The van der Waals surface area contributed by atoms with Gasteiger partial charge in [0.2, 0.25) is 0 Å². The second-order valence-corrected chi connectivity index (χ2v) is 8.77. The molecule has 0 saturated carbocycles. The number of hydrogen-bond acceptors (Lipinski definition) is 6. The van der Waals surface area contributed by atoms with Crippen molar-refractivity contribution in [3.05, 3.63) is 63.2 Å². The van der Waals surface area contributed by atoms with Gasteiger partial charge < -0.3 is 20.4 Å². The number of benzene rings is 2. The summed E-state index contributed by atoms with van der Waals surface area (Å²) in [5, 5.41) is 17.1. The number of carbonyl (C=O) groups excluding carboxylic acids is 2. The van der Waals surface area contributed by atoms with Crippen LogP contribution in [0.1, 0.15) is 59.4 Å². The number of aryl methyl sites for hydroxylation is 1. The first-order chi connectivity index (χ1) is 16.8.